The molecule has 2 rings (SSSR count). The monoisotopic (exact) mass is 328 g/mol. The molecule has 24 heavy (non-hydrogen) atoms. The molecule has 4 nitrogen and oxygen atoms in total. The number of urea groups is 1. The predicted molar refractivity (Wildman–Crippen MR) is 98.9 cm³/mol. The van der Waals surface area contributed by atoms with Crippen LogP contribution in [0.5, 0.6) is 0 Å². The number of nitrogens with one attached hydrogen (secondary N) is 1. The number of benzene rings is 2. The number of nitrogens with zero attached hydrogens (tertiary/aromatic N) is 1. The number of aliphatic hydroxyl groups is 1. The first-order valence-electron chi connectivity index (χ1n) is 8.49. The normalized spacial score (nSPS) is 11.5. The number of rotatable bonds is 7. The molecule has 0 aliphatic heterocycles. The Morgan fingerprint density at radius 1 is 1.17 bits per heavy atom. The van der Waals surface area contributed by atoms with Crippen LogP contribution in [-0.4, -0.2) is 36.2 Å². The lowest BCUT2D eigenvalue weighted by Gasteiger charge is -2.22. The number of aliphatic hydroxyl groups excluding tert-OH is 1. The first-order chi connectivity index (χ1) is 11.4. The number of hydrogen-bond donors (Lipinski definition) is 2. The van der Waals surface area contributed by atoms with Crippen molar-refractivity contribution in [3.8, 4) is 0 Å². The van der Waals surface area contributed by atoms with E-state index in [0.717, 1.165) is 18.4 Å². The fourth-order valence-electron chi connectivity index (χ4n) is 2.73. The highest BCUT2D eigenvalue weighted by molar-refractivity contribution is 5.86. The molecule has 0 fully saturated rings. The summed E-state index contributed by atoms with van der Waals surface area (Å²) in [6, 6.07) is 14.3. The van der Waals surface area contributed by atoms with Gasteiger partial charge in [0.15, 0.2) is 0 Å². The van der Waals surface area contributed by atoms with Crippen LogP contribution in [0.3, 0.4) is 0 Å². The van der Waals surface area contributed by atoms with Crippen molar-refractivity contribution in [2.45, 2.75) is 33.2 Å². The SMILES string of the molecule is CN(Cc1cccc2ccccc12)C(=O)NCCCC(C)(C)CO. The molecule has 0 atom stereocenters. The van der Waals surface area contributed by atoms with Gasteiger partial charge in [0.05, 0.1) is 0 Å². The zero-order valence-corrected chi connectivity index (χ0v) is 14.9. The maximum atomic E-state index is 12.2. The van der Waals surface area contributed by atoms with Gasteiger partial charge in [-0.15, -0.1) is 0 Å². The number of amides is 2. The molecular formula is C20H28N2O2. The Morgan fingerprint density at radius 3 is 2.62 bits per heavy atom. The summed E-state index contributed by atoms with van der Waals surface area (Å²) in [6.45, 7) is 5.43. The first kappa shape index (κ1) is 18.3. The van der Waals surface area contributed by atoms with Crippen LogP contribution in [0.4, 0.5) is 4.79 Å². The summed E-state index contributed by atoms with van der Waals surface area (Å²) in [5, 5.41) is 14.6. The average molecular weight is 328 g/mol. The molecule has 0 aromatic heterocycles. The molecule has 2 N–H and O–H groups in total. The molecule has 2 amide bonds. The van der Waals surface area contributed by atoms with Gasteiger partial charge in [0.1, 0.15) is 0 Å². The quantitative estimate of drug-likeness (QED) is 0.760. The standard InChI is InChI=1S/C20H28N2O2/c1-20(2,15-23)12-7-13-21-19(24)22(3)14-17-10-6-9-16-8-4-5-11-18(16)17/h4-6,8-11,23H,7,12-15H2,1-3H3,(H,21,24). The fraction of sp³-hybridized carbons (Fsp3) is 0.450. The minimum Gasteiger partial charge on any atom is -0.396 e. The highest BCUT2D eigenvalue weighted by Gasteiger charge is 2.16. The summed E-state index contributed by atoms with van der Waals surface area (Å²) in [6.07, 6.45) is 1.75. The second-order valence-corrected chi connectivity index (χ2v) is 7.15. The van der Waals surface area contributed by atoms with E-state index in [1.165, 1.54) is 10.8 Å². The molecule has 0 unspecified atom stereocenters. The summed E-state index contributed by atoms with van der Waals surface area (Å²) in [5.41, 5.74) is 1.06. The topological polar surface area (TPSA) is 52.6 Å². The molecule has 0 heterocycles. The fourth-order valence-corrected chi connectivity index (χ4v) is 2.73. The van der Waals surface area contributed by atoms with E-state index in [9.17, 15) is 9.90 Å². The van der Waals surface area contributed by atoms with Crippen LogP contribution >= 0.6 is 0 Å². The van der Waals surface area contributed by atoms with Crippen molar-refractivity contribution < 1.29 is 9.90 Å². The molecule has 0 saturated carbocycles. The van der Waals surface area contributed by atoms with Crippen LogP contribution < -0.4 is 5.32 Å². The van der Waals surface area contributed by atoms with E-state index >= 15 is 0 Å². The van der Waals surface area contributed by atoms with Crippen LogP contribution in [0.25, 0.3) is 10.8 Å². The molecule has 0 aliphatic carbocycles. The van der Waals surface area contributed by atoms with E-state index in [1.54, 1.807) is 4.90 Å². The van der Waals surface area contributed by atoms with Gasteiger partial charge in [0.25, 0.3) is 0 Å². The van der Waals surface area contributed by atoms with Gasteiger partial charge in [-0.2, -0.15) is 0 Å². The van der Waals surface area contributed by atoms with Crippen molar-refractivity contribution in [2.75, 3.05) is 20.2 Å². The highest BCUT2D eigenvalue weighted by Crippen LogP contribution is 2.21. The van der Waals surface area contributed by atoms with Gasteiger partial charge < -0.3 is 15.3 Å². The Labute approximate surface area is 144 Å². The molecule has 130 valence electrons. The molecule has 2 aromatic carbocycles. The average Bonchev–Trinajstić information content (AvgIpc) is 2.59. The number of fused-ring (bicyclic) bond motifs is 1. The molecule has 0 saturated heterocycles. The summed E-state index contributed by atoms with van der Waals surface area (Å²) in [7, 11) is 1.81. The lowest BCUT2D eigenvalue weighted by molar-refractivity contribution is 0.147. The molecule has 0 bridgehead atoms. The number of carbonyl (C=O) groups is 1. The second kappa shape index (κ2) is 8.15. The lowest BCUT2D eigenvalue weighted by Crippen LogP contribution is -2.37. The summed E-state index contributed by atoms with van der Waals surface area (Å²) in [4.78, 5) is 14.0. The minimum absolute atomic E-state index is 0.0651. The highest BCUT2D eigenvalue weighted by atomic mass is 16.3. The zero-order chi connectivity index (χ0) is 17.6. The van der Waals surface area contributed by atoms with Gasteiger partial charge in [-0.3, -0.25) is 0 Å². The van der Waals surface area contributed by atoms with E-state index in [2.05, 4.69) is 29.6 Å². The third-order valence-corrected chi connectivity index (χ3v) is 4.37. The lowest BCUT2D eigenvalue weighted by atomic mass is 9.89. The Hall–Kier alpha value is -2.07. The van der Waals surface area contributed by atoms with E-state index < -0.39 is 0 Å². The second-order valence-electron chi connectivity index (χ2n) is 7.15. The van der Waals surface area contributed by atoms with Gasteiger partial charge in [-0.05, 0) is 34.6 Å². The largest absolute Gasteiger partial charge is 0.396 e. The van der Waals surface area contributed by atoms with Gasteiger partial charge in [-0.1, -0.05) is 56.3 Å². The molecule has 0 aliphatic rings. The minimum atomic E-state index is -0.0837. The van der Waals surface area contributed by atoms with E-state index in [-0.39, 0.29) is 18.1 Å². The van der Waals surface area contributed by atoms with Crippen molar-refractivity contribution in [1.29, 1.82) is 0 Å². The van der Waals surface area contributed by atoms with Crippen molar-refractivity contribution in [2.24, 2.45) is 5.41 Å². The molecule has 0 radical (unpaired) electrons. The zero-order valence-electron chi connectivity index (χ0n) is 14.9. The first-order valence-corrected chi connectivity index (χ1v) is 8.49. The van der Waals surface area contributed by atoms with Crippen molar-refractivity contribution >= 4 is 16.8 Å². The van der Waals surface area contributed by atoms with Gasteiger partial charge in [0.2, 0.25) is 0 Å². The molecule has 0 spiro atoms. The van der Waals surface area contributed by atoms with Crippen LogP contribution in [0, 0.1) is 5.41 Å². The van der Waals surface area contributed by atoms with E-state index in [4.69, 9.17) is 0 Å². The Morgan fingerprint density at radius 2 is 1.88 bits per heavy atom. The summed E-state index contributed by atoms with van der Waals surface area (Å²) < 4.78 is 0. The van der Waals surface area contributed by atoms with Gasteiger partial charge in [0, 0.05) is 26.7 Å². The van der Waals surface area contributed by atoms with Crippen LogP contribution in [0.2, 0.25) is 0 Å². The Kier molecular flexibility index (Phi) is 6.21. The third kappa shape index (κ3) is 4.96. The predicted octanol–water partition coefficient (Wildman–Crippen LogP) is 3.78. The molecule has 2 aromatic rings. The number of hydrogen-bond acceptors (Lipinski definition) is 2. The Balaban J connectivity index is 1.87. The van der Waals surface area contributed by atoms with Crippen molar-refractivity contribution in [3.63, 3.8) is 0 Å². The molecular weight excluding hydrogens is 300 g/mol. The Bertz CT molecular complexity index is 677. The molecule has 4 heteroatoms. The van der Waals surface area contributed by atoms with E-state index in [0.29, 0.717) is 13.1 Å². The third-order valence-electron chi connectivity index (χ3n) is 4.37. The van der Waals surface area contributed by atoms with E-state index in [1.807, 2.05) is 39.1 Å². The van der Waals surface area contributed by atoms with Gasteiger partial charge in [-0.25, -0.2) is 4.79 Å². The van der Waals surface area contributed by atoms with Crippen LogP contribution in [0.15, 0.2) is 42.5 Å². The number of carbonyl (C=O) groups excluding carboxylic acids is 1. The summed E-state index contributed by atoms with van der Waals surface area (Å²) >= 11 is 0. The van der Waals surface area contributed by atoms with Crippen LogP contribution in [-0.2, 0) is 6.54 Å². The van der Waals surface area contributed by atoms with Gasteiger partial charge >= 0.3 is 6.03 Å². The van der Waals surface area contributed by atoms with Crippen LogP contribution in [0.1, 0.15) is 32.3 Å². The van der Waals surface area contributed by atoms with Crippen molar-refractivity contribution in [1.82, 2.24) is 10.2 Å². The summed E-state index contributed by atoms with van der Waals surface area (Å²) in [5.74, 6) is 0. The maximum absolute atomic E-state index is 12.2. The van der Waals surface area contributed by atoms with Crippen molar-refractivity contribution in [3.05, 3.63) is 48.0 Å². The smallest absolute Gasteiger partial charge is 0.317 e. The maximum Gasteiger partial charge on any atom is 0.317 e.